The minimum absolute atomic E-state index is 0.0629. The van der Waals surface area contributed by atoms with Crippen molar-refractivity contribution >= 4 is 5.69 Å². The second-order valence-electron chi connectivity index (χ2n) is 4.74. The Morgan fingerprint density at radius 3 is 2.56 bits per heavy atom. The lowest BCUT2D eigenvalue weighted by molar-refractivity contribution is 0.413. The molecule has 1 aromatic rings. The Balaban J connectivity index is 2.63. The van der Waals surface area contributed by atoms with E-state index in [4.69, 9.17) is 4.74 Å². The average Bonchev–Trinajstić information content (AvgIpc) is 2.46. The van der Waals surface area contributed by atoms with Crippen molar-refractivity contribution < 1.29 is 4.74 Å². The third kappa shape index (κ3) is 1.33. The first-order valence-electron chi connectivity index (χ1n) is 5.61. The first kappa shape index (κ1) is 11.1. The molecule has 0 saturated carbocycles. The van der Waals surface area contributed by atoms with Gasteiger partial charge in [-0.3, -0.25) is 0 Å². The molecule has 0 bridgehead atoms. The summed E-state index contributed by atoms with van der Waals surface area (Å²) in [7, 11) is 3.83. The molecule has 2 nitrogen and oxygen atoms in total. The summed E-state index contributed by atoms with van der Waals surface area (Å²) in [5, 5.41) is 0. The first-order chi connectivity index (χ1) is 7.52. The maximum absolute atomic E-state index is 5.30. The summed E-state index contributed by atoms with van der Waals surface area (Å²) in [6, 6.07) is 6.29. The van der Waals surface area contributed by atoms with Crippen molar-refractivity contribution in [3.63, 3.8) is 0 Å². The van der Waals surface area contributed by atoms with Crippen molar-refractivity contribution in [2.75, 3.05) is 19.1 Å². The lowest BCUT2D eigenvalue weighted by Crippen LogP contribution is -2.22. The van der Waals surface area contributed by atoms with Gasteiger partial charge < -0.3 is 9.64 Å². The van der Waals surface area contributed by atoms with Crippen molar-refractivity contribution in [1.82, 2.24) is 0 Å². The zero-order valence-corrected chi connectivity index (χ0v) is 10.7. The van der Waals surface area contributed by atoms with E-state index in [9.17, 15) is 0 Å². The van der Waals surface area contributed by atoms with E-state index in [0.717, 1.165) is 5.75 Å². The predicted octanol–water partition coefficient (Wildman–Crippen LogP) is 3.33. The van der Waals surface area contributed by atoms with Crippen molar-refractivity contribution in [2.24, 2.45) is 0 Å². The summed E-state index contributed by atoms with van der Waals surface area (Å²) in [4.78, 5) is 2.26. The molecular formula is C14H19NO. The Morgan fingerprint density at radius 2 is 2.00 bits per heavy atom. The SMILES string of the molecule is CC=C1N(C)c2ccc(OC)cc2C1(C)C. The van der Waals surface area contributed by atoms with E-state index in [-0.39, 0.29) is 5.41 Å². The summed E-state index contributed by atoms with van der Waals surface area (Å²) in [5.41, 5.74) is 4.02. The number of likely N-dealkylation sites (N-methyl/N-ethyl adjacent to an activating group) is 1. The zero-order valence-electron chi connectivity index (χ0n) is 10.7. The van der Waals surface area contributed by atoms with Crippen LogP contribution < -0.4 is 9.64 Å². The largest absolute Gasteiger partial charge is 0.497 e. The van der Waals surface area contributed by atoms with E-state index in [0.29, 0.717) is 0 Å². The Bertz CT molecular complexity index is 446. The number of ether oxygens (including phenoxy) is 1. The van der Waals surface area contributed by atoms with Gasteiger partial charge in [-0.1, -0.05) is 19.9 Å². The second-order valence-corrected chi connectivity index (χ2v) is 4.74. The van der Waals surface area contributed by atoms with Gasteiger partial charge in [0.25, 0.3) is 0 Å². The molecule has 0 spiro atoms. The highest BCUT2D eigenvalue weighted by molar-refractivity contribution is 5.71. The van der Waals surface area contributed by atoms with Crippen LogP contribution in [-0.4, -0.2) is 14.2 Å². The molecule has 0 N–H and O–H groups in total. The van der Waals surface area contributed by atoms with Crippen LogP contribution in [0.25, 0.3) is 0 Å². The molecule has 2 heteroatoms. The number of methoxy groups -OCH3 is 1. The number of allylic oxidation sites excluding steroid dienone is 2. The molecule has 0 fully saturated rings. The number of hydrogen-bond acceptors (Lipinski definition) is 2. The molecular weight excluding hydrogens is 198 g/mol. The molecule has 0 unspecified atom stereocenters. The number of anilines is 1. The monoisotopic (exact) mass is 217 g/mol. The highest BCUT2D eigenvalue weighted by Gasteiger charge is 2.38. The molecule has 2 rings (SSSR count). The van der Waals surface area contributed by atoms with Crippen LogP contribution in [-0.2, 0) is 5.41 Å². The molecule has 0 amide bonds. The van der Waals surface area contributed by atoms with E-state index in [1.165, 1.54) is 16.9 Å². The van der Waals surface area contributed by atoms with Gasteiger partial charge >= 0.3 is 0 Å². The second kappa shape index (κ2) is 3.55. The Labute approximate surface area is 97.5 Å². The summed E-state index contributed by atoms with van der Waals surface area (Å²) < 4.78 is 5.30. The fraction of sp³-hybridized carbons (Fsp3) is 0.429. The van der Waals surface area contributed by atoms with Crippen LogP contribution in [0.15, 0.2) is 30.0 Å². The van der Waals surface area contributed by atoms with Gasteiger partial charge in [-0.2, -0.15) is 0 Å². The van der Waals surface area contributed by atoms with Crippen LogP contribution in [0.4, 0.5) is 5.69 Å². The fourth-order valence-corrected chi connectivity index (χ4v) is 2.68. The topological polar surface area (TPSA) is 12.5 Å². The van der Waals surface area contributed by atoms with Gasteiger partial charge in [-0.25, -0.2) is 0 Å². The summed E-state index contributed by atoms with van der Waals surface area (Å²) in [6.07, 6.45) is 2.19. The van der Waals surface area contributed by atoms with Gasteiger partial charge in [0, 0.05) is 23.8 Å². The molecule has 0 saturated heterocycles. The lowest BCUT2D eigenvalue weighted by Gasteiger charge is -2.23. The molecule has 1 aromatic carbocycles. The van der Waals surface area contributed by atoms with Crippen LogP contribution in [0, 0.1) is 0 Å². The maximum atomic E-state index is 5.30. The van der Waals surface area contributed by atoms with Crippen molar-refractivity contribution in [3.8, 4) is 5.75 Å². The molecule has 0 radical (unpaired) electrons. The van der Waals surface area contributed by atoms with E-state index >= 15 is 0 Å². The van der Waals surface area contributed by atoms with Gasteiger partial charge in [-0.05, 0) is 30.7 Å². The van der Waals surface area contributed by atoms with E-state index in [1.54, 1.807) is 7.11 Å². The Hall–Kier alpha value is -1.44. The van der Waals surface area contributed by atoms with Crippen molar-refractivity contribution in [2.45, 2.75) is 26.2 Å². The van der Waals surface area contributed by atoms with Crippen LogP contribution in [0.5, 0.6) is 5.75 Å². The number of nitrogens with zero attached hydrogens (tertiary/aromatic N) is 1. The minimum Gasteiger partial charge on any atom is -0.497 e. The highest BCUT2D eigenvalue weighted by Crippen LogP contribution is 2.47. The van der Waals surface area contributed by atoms with E-state index < -0.39 is 0 Å². The minimum atomic E-state index is 0.0629. The summed E-state index contributed by atoms with van der Waals surface area (Å²) >= 11 is 0. The zero-order chi connectivity index (χ0) is 11.9. The van der Waals surface area contributed by atoms with E-state index in [2.05, 4.69) is 50.9 Å². The third-order valence-corrected chi connectivity index (χ3v) is 3.51. The average molecular weight is 217 g/mol. The molecule has 86 valence electrons. The molecule has 1 heterocycles. The normalized spacial score (nSPS) is 20.1. The molecule has 1 aliphatic heterocycles. The van der Waals surface area contributed by atoms with E-state index in [1.807, 2.05) is 6.07 Å². The van der Waals surface area contributed by atoms with Crippen LogP contribution in [0.1, 0.15) is 26.3 Å². The van der Waals surface area contributed by atoms with Crippen LogP contribution in [0.2, 0.25) is 0 Å². The number of benzene rings is 1. The van der Waals surface area contributed by atoms with Gasteiger partial charge in [-0.15, -0.1) is 0 Å². The Morgan fingerprint density at radius 1 is 1.31 bits per heavy atom. The third-order valence-electron chi connectivity index (χ3n) is 3.51. The first-order valence-corrected chi connectivity index (χ1v) is 5.61. The van der Waals surface area contributed by atoms with Gasteiger partial charge in [0.1, 0.15) is 5.75 Å². The van der Waals surface area contributed by atoms with Gasteiger partial charge in [0.15, 0.2) is 0 Å². The molecule has 1 aliphatic rings. The predicted molar refractivity (Wildman–Crippen MR) is 68.2 cm³/mol. The van der Waals surface area contributed by atoms with Gasteiger partial charge in [0.2, 0.25) is 0 Å². The Kier molecular flexibility index (Phi) is 2.45. The van der Waals surface area contributed by atoms with Crippen molar-refractivity contribution in [1.29, 1.82) is 0 Å². The number of rotatable bonds is 1. The number of fused-ring (bicyclic) bond motifs is 1. The molecule has 0 aromatic heterocycles. The fourth-order valence-electron chi connectivity index (χ4n) is 2.68. The maximum Gasteiger partial charge on any atom is 0.119 e. The summed E-state index contributed by atoms with van der Waals surface area (Å²) in [6.45, 7) is 6.60. The van der Waals surface area contributed by atoms with Crippen molar-refractivity contribution in [3.05, 3.63) is 35.5 Å². The number of hydrogen-bond donors (Lipinski definition) is 0. The molecule has 0 atom stereocenters. The summed E-state index contributed by atoms with van der Waals surface area (Å²) in [5.74, 6) is 0.928. The quantitative estimate of drug-likeness (QED) is 0.715. The van der Waals surface area contributed by atoms with Crippen LogP contribution >= 0.6 is 0 Å². The molecule has 16 heavy (non-hydrogen) atoms. The van der Waals surface area contributed by atoms with Crippen LogP contribution in [0.3, 0.4) is 0 Å². The molecule has 0 aliphatic carbocycles. The lowest BCUT2D eigenvalue weighted by atomic mass is 9.84. The highest BCUT2D eigenvalue weighted by atomic mass is 16.5. The standard InChI is InChI=1S/C14H19NO/c1-6-13-14(2,3)11-9-10(16-5)7-8-12(11)15(13)4/h6-9H,1-5H3. The smallest absolute Gasteiger partial charge is 0.119 e. The van der Waals surface area contributed by atoms with Gasteiger partial charge in [0.05, 0.1) is 7.11 Å².